The molecular formula is C16H22N2O4. The Morgan fingerprint density at radius 1 is 1.32 bits per heavy atom. The lowest BCUT2D eigenvalue weighted by molar-refractivity contribution is 0.0571. The lowest BCUT2D eigenvalue weighted by Crippen LogP contribution is -2.52. The van der Waals surface area contributed by atoms with Gasteiger partial charge in [0.05, 0.1) is 23.5 Å². The van der Waals surface area contributed by atoms with Gasteiger partial charge in [0.15, 0.2) is 0 Å². The standard InChI is InChI=1S/C16H22N2O4/c1-15(2,3)22-14(21)18-9-16(4,5)17-11-7-6-10(13(19)20)8-12(11)18/h6-8,17H,9H2,1-5H3,(H,19,20). The van der Waals surface area contributed by atoms with Gasteiger partial charge in [-0.25, -0.2) is 9.59 Å². The molecule has 0 saturated heterocycles. The third-order valence-corrected chi connectivity index (χ3v) is 3.18. The van der Waals surface area contributed by atoms with Crippen molar-refractivity contribution < 1.29 is 19.4 Å². The van der Waals surface area contributed by atoms with Gasteiger partial charge >= 0.3 is 12.1 Å². The van der Waals surface area contributed by atoms with Gasteiger partial charge in [0.1, 0.15) is 5.60 Å². The number of carboxylic acids is 1. The summed E-state index contributed by atoms with van der Waals surface area (Å²) < 4.78 is 5.44. The van der Waals surface area contributed by atoms with E-state index in [1.807, 2.05) is 13.8 Å². The third-order valence-electron chi connectivity index (χ3n) is 3.18. The second-order valence-electron chi connectivity index (χ2n) is 7.11. The average Bonchev–Trinajstić information content (AvgIpc) is 2.33. The first-order valence-electron chi connectivity index (χ1n) is 7.15. The van der Waals surface area contributed by atoms with Gasteiger partial charge in [-0.15, -0.1) is 0 Å². The number of benzene rings is 1. The second kappa shape index (κ2) is 5.19. The fraction of sp³-hybridized carbons (Fsp3) is 0.500. The Balaban J connectivity index is 2.44. The summed E-state index contributed by atoms with van der Waals surface area (Å²) in [6.45, 7) is 9.72. The quantitative estimate of drug-likeness (QED) is 0.832. The summed E-state index contributed by atoms with van der Waals surface area (Å²) in [4.78, 5) is 25.1. The van der Waals surface area contributed by atoms with Crippen molar-refractivity contribution in [2.75, 3.05) is 16.8 Å². The summed E-state index contributed by atoms with van der Waals surface area (Å²) in [7, 11) is 0. The van der Waals surface area contributed by atoms with Gasteiger partial charge in [0, 0.05) is 5.54 Å². The van der Waals surface area contributed by atoms with Crippen molar-refractivity contribution >= 4 is 23.4 Å². The van der Waals surface area contributed by atoms with Crippen LogP contribution in [0.4, 0.5) is 16.2 Å². The molecule has 6 heteroatoms. The minimum atomic E-state index is -1.03. The van der Waals surface area contributed by atoms with E-state index in [1.165, 1.54) is 17.0 Å². The SMILES string of the molecule is CC1(C)CN(C(=O)OC(C)(C)C)c2cc(C(=O)O)ccc2N1. The highest BCUT2D eigenvalue weighted by Gasteiger charge is 2.35. The zero-order chi connectivity index (χ0) is 16.7. The lowest BCUT2D eigenvalue weighted by Gasteiger charge is -2.41. The van der Waals surface area contributed by atoms with E-state index in [-0.39, 0.29) is 11.1 Å². The average molecular weight is 306 g/mol. The van der Waals surface area contributed by atoms with Crippen molar-refractivity contribution in [3.63, 3.8) is 0 Å². The molecule has 1 aromatic rings. The lowest BCUT2D eigenvalue weighted by atomic mass is 9.98. The molecule has 120 valence electrons. The van der Waals surface area contributed by atoms with E-state index in [0.717, 1.165) is 0 Å². The summed E-state index contributed by atoms with van der Waals surface area (Å²) in [5.74, 6) is -1.03. The smallest absolute Gasteiger partial charge is 0.414 e. The maximum absolute atomic E-state index is 12.5. The van der Waals surface area contributed by atoms with Crippen molar-refractivity contribution in [1.82, 2.24) is 0 Å². The largest absolute Gasteiger partial charge is 0.478 e. The number of rotatable bonds is 1. The first-order valence-corrected chi connectivity index (χ1v) is 7.15. The highest BCUT2D eigenvalue weighted by molar-refractivity contribution is 5.97. The second-order valence-corrected chi connectivity index (χ2v) is 7.11. The molecule has 0 aromatic heterocycles. The van der Waals surface area contributed by atoms with Crippen LogP contribution in [0.1, 0.15) is 45.0 Å². The molecular weight excluding hydrogens is 284 g/mol. The maximum atomic E-state index is 12.5. The molecule has 22 heavy (non-hydrogen) atoms. The Labute approximate surface area is 130 Å². The zero-order valence-corrected chi connectivity index (χ0v) is 13.6. The summed E-state index contributed by atoms with van der Waals surface area (Å²) in [6, 6.07) is 4.68. The van der Waals surface area contributed by atoms with Crippen LogP contribution in [0.3, 0.4) is 0 Å². The Bertz CT molecular complexity index is 617. The fourth-order valence-electron chi connectivity index (χ4n) is 2.36. The Morgan fingerprint density at radius 3 is 2.50 bits per heavy atom. The number of hydrogen-bond acceptors (Lipinski definition) is 4. The van der Waals surface area contributed by atoms with Gasteiger partial charge in [-0.3, -0.25) is 4.90 Å². The number of ether oxygens (including phenoxy) is 1. The van der Waals surface area contributed by atoms with Gasteiger partial charge in [-0.05, 0) is 52.8 Å². The Morgan fingerprint density at radius 2 is 1.95 bits per heavy atom. The molecule has 2 rings (SSSR count). The molecule has 0 saturated carbocycles. The van der Waals surface area contributed by atoms with E-state index in [2.05, 4.69) is 5.32 Å². The van der Waals surface area contributed by atoms with Crippen molar-refractivity contribution in [1.29, 1.82) is 0 Å². The molecule has 0 bridgehead atoms. The normalized spacial score (nSPS) is 16.5. The minimum absolute atomic E-state index is 0.133. The highest BCUT2D eigenvalue weighted by atomic mass is 16.6. The van der Waals surface area contributed by atoms with Crippen LogP contribution in [0.25, 0.3) is 0 Å². The topological polar surface area (TPSA) is 78.9 Å². The van der Waals surface area contributed by atoms with Crippen LogP contribution in [0, 0.1) is 0 Å². The van der Waals surface area contributed by atoms with Crippen molar-refractivity contribution in [3.8, 4) is 0 Å². The molecule has 1 aliphatic heterocycles. The number of carbonyl (C=O) groups is 2. The number of anilines is 2. The van der Waals surface area contributed by atoms with E-state index < -0.39 is 17.7 Å². The molecule has 6 nitrogen and oxygen atoms in total. The number of carbonyl (C=O) groups excluding carboxylic acids is 1. The van der Waals surface area contributed by atoms with Crippen LogP contribution >= 0.6 is 0 Å². The molecule has 1 aliphatic rings. The molecule has 0 aliphatic carbocycles. The van der Waals surface area contributed by atoms with Gasteiger partial charge in [0.25, 0.3) is 0 Å². The Kier molecular flexibility index (Phi) is 3.81. The molecule has 1 aromatic carbocycles. The van der Waals surface area contributed by atoms with Crippen LogP contribution in [0.5, 0.6) is 0 Å². The molecule has 0 spiro atoms. The van der Waals surface area contributed by atoms with Crippen LogP contribution in [-0.4, -0.2) is 34.9 Å². The third kappa shape index (κ3) is 3.50. The minimum Gasteiger partial charge on any atom is -0.478 e. The van der Waals surface area contributed by atoms with E-state index in [0.29, 0.717) is 17.9 Å². The van der Waals surface area contributed by atoms with Crippen LogP contribution in [-0.2, 0) is 4.74 Å². The number of nitrogens with zero attached hydrogens (tertiary/aromatic N) is 1. The van der Waals surface area contributed by atoms with E-state index in [4.69, 9.17) is 9.84 Å². The number of aromatic carboxylic acids is 1. The summed E-state index contributed by atoms with van der Waals surface area (Å²) in [6.07, 6.45) is -0.481. The monoisotopic (exact) mass is 306 g/mol. The molecule has 0 unspecified atom stereocenters. The molecule has 0 fully saturated rings. The molecule has 2 N–H and O–H groups in total. The molecule has 1 amide bonds. The van der Waals surface area contributed by atoms with Crippen LogP contribution in [0.15, 0.2) is 18.2 Å². The van der Waals surface area contributed by atoms with E-state index >= 15 is 0 Å². The predicted molar refractivity (Wildman–Crippen MR) is 84.7 cm³/mol. The van der Waals surface area contributed by atoms with Crippen LogP contribution < -0.4 is 10.2 Å². The Hall–Kier alpha value is -2.24. The molecule has 0 atom stereocenters. The van der Waals surface area contributed by atoms with E-state index in [1.54, 1.807) is 26.8 Å². The van der Waals surface area contributed by atoms with Crippen LogP contribution in [0.2, 0.25) is 0 Å². The number of carboxylic acid groups (broad SMARTS) is 1. The fourth-order valence-corrected chi connectivity index (χ4v) is 2.36. The number of amides is 1. The summed E-state index contributed by atoms with van der Waals surface area (Å²) in [5.41, 5.74) is 0.417. The van der Waals surface area contributed by atoms with Crippen molar-refractivity contribution in [3.05, 3.63) is 23.8 Å². The van der Waals surface area contributed by atoms with Crippen molar-refractivity contribution in [2.45, 2.75) is 45.8 Å². The first-order chi connectivity index (χ1) is 9.98. The van der Waals surface area contributed by atoms with Gasteiger partial charge in [0.2, 0.25) is 0 Å². The summed E-state index contributed by atoms with van der Waals surface area (Å²) >= 11 is 0. The molecule has 0 radical (unpaired) electrons. The van der Waals surface area contributed by atoms with E-state index in [9.17, 15) is 9.59 Å². The number of hydrogen-bond donors (Lipinski definition) is 2. The zero-order valence-electron chi connectivity index (χ0n) is 13.6. The molecule has 1 heterocycles. The number of fused-ring (bicyclic) bond motifs is 1. The van der Waals surface area contributed by atoms with Gasteiger partial charge < -0.3 is 15.2 Å². The predicted octanol–water partition coefficient (Wildman–Crippen LogP) is 3.33. The van der Waals surface area contributed by atoms with Gasteiger partial charge in [-0.2, -0.15) is 0 Å². The van der Waals surface area contributed by atoms with Crippen molar-refractivity contribution in [2.24, 2.45) is 0 Å². The van der Waals surface area contributed by atoms with Gasteiger partial charge in [-0.1, -0.05) is 0 Å². The first kappa shape index (κ1) is 16.1. The number of nitrogens with one attached hydrogen (secondary N) is 1. The highest BCUT2D eigenvalue weighted by Crippen LogP contribution is 2.36. The summed E-state index contributed by atoms with van der Waals surface area (Å²) in [5, 5.41) is 12.5. The maximum Gasteiger partial charge on any atom is 0.414 e.